The van der Waals surface area contributed by atoms with Crippen LogP contribution in [0, 0.1) is 13.8 Å². The number of urea groups is 1. The molecule has 174 valence electrons. The number of amides is 4. The summed E-state index contributed by atoms with van der Waals surface area (Å²) in [6.45, 7) is 10.4. The summed E-state index contributed by atoms with van der Waals surface area (Å²) in [5, 5.41) is 2.28. The van der Waals surface area contributed by atoms with Gasteiger partial charge in [-0.2, -0.15) is 0 Å². The quantitative estimate of drug-likeness (QED) is 0.350. The number of benzene rings is 2. The van der Waals surface area contributed by atoms with Crippen LogP contribution < -0.4 is 10.2 Å². The van der Waals surface area contributed by atoms with E-state index in [-0.39, 0.29) is 11.0 Å². The van der Waals surface area contributed by atoms with Crippen LogP contribution in [-0.2, 0) is 15.0 Å². The topological polar surface area (TPSA) is 71.4 Å². The molecule has 1 fully saturated rings. The van der Waals surface area contributed by atoms with Gasteiger partial charge in [0.1, 0.15) is 5.57 Å². The smallest absolute Gasteiger partial charge is 0.318 e. The molecule has 0 radical (unpaired) electrons. The molecular weight excluding hydrogens is 494 g/mol. The van der Waals surface area contributed by atoms with Gasteiger partial charge in [0.05, 0.1) is 5.69 Å². The molecule has 4 amide bonds. The zero-order valence-electron chi connectivity index (χ0n) is 19.8. The number of nitrogens with zero attached hydrogens (tertiary/aromatic N) is 2. The molecule has 0 bridgehead atoms. The van der Waals surface area contributed by atoms with Crippen molar-refractivity contribution in [3.05, 3.63) is 87.2 Å². The second-order valence-electron chi connectivity index (χ2n) is 9.40. The lowest BCUT2D eigenvalue weighted by Crippen LogP contribution is -2.54. The van der Waals surface area contributed by atoms with Crippen LogP contribution in [-0.4, -0.2) is 22.4 Å². The van der Waals surface area contributed by atoms with E-state index in [0.29, 0.717) is 10.2 Å². The Morgan fingerprint density at radius 3 is 2.21 bits per heavy atom. The van der Waals surface area contributed by atoms with Crippen LogP contribution in [0.5, 0.6) is 0 Å². The highest BCUT2D eigenvalue weighted by Crippen LogP contribution is 2.28. The molecule has 2 aromatic carbocycles. The van der Waals surface area contributed by atoms with Crippen molar-refractivity contribution in [2.24, 2.45) is 0 Å². The average molecular weight is 520 g/mol. The highest BCUT2D eigenvalue weighted by Gasteiger charge is 2.37. The van der Waals surface area contributed by atoms with E-state index < -0.39 is 17.8 Å². The van der Waals surface area contributed by atoms with Gasteiger partial charge < -0.3 is 4.57 Å². The Hall–Kier alpha value is -3.45. The maximum atomic E-state index is 13.2. The number of aryl methyl sites for hydroxylation is 1. The SMILES string of the molecule is Cc1cc(/C=C2\C(=O)NC(=O)N(c3cccc(Br)c3)C2=O)c(C)n1-c1ccc(C(C)(C)C)cc1. The number of rotatable bonds is 3. The predicted octanol–water partition coefficient (Wildman–Crippen LogP) is 5.82. The predicted molar refractivity (Wildman–Crippen MR) is 137 cm³/mol. The Kier molecular flexibility index (Phi) is 6.08. The van der Waals surface area contributed by atoms with Gasteiger partial charge in [-0.05, 0) is 72.9 Å². The molecule has 0 atom stereocenters. The highest BCUT2D eigenvalue weighted by atomic mass is 79.9. The van der Waals surface area contributed by atoms with E-state index in [1.54, 1.807) is 30.3 Å². The van der Waals surface area contributed by atoms with Crippen molar-refractivity contribution in [1.82, 2.24) is 9.88 Å². The average Bonchev–Trinajstić information content (AvgIpc) is 3.03. The van der Waals surface area contributed by atoms with E-state index in [0.717, 1.165) is 27.5 Å². The molecule has 34 heavy (non-hydrogen) atoms. The second kappa shape index (κ2) is 8.72. The lowest BCUT2D eigenvalue weighted by molar-refractivity contribution is -0.122. The first-order valence-corrected chi connectivity index (χ1v) is 11.7. The van der Waals surface area contributed by atoms with E-state index in [1.807, 2.05) is 19.9 Å². The molecule has 1 aromatic heterocycles. The van der Waals surface area contributed by atoms with Gasteiger partial charge in [-0.15, -0.1) is 0 Å². The van der Waals surface area contributed by atoms with Gasteiger partial charge in [0.25, 0.3) is 11.8 Å². The highest BCUT2D eigenvalue weighted by molar-refractivity contribution is 9.10. The standard InChI is InChI=1S/C27H26BrN3O3/c1-16-13-18(17(2)30(16)21-11-9-19(10-12-21)27(3,4)5)14-23-24(32)29-26(34)31(25(23)33)22-8-6-7-20(28)15-22/h6-15H,1-5H3,(H,29,32,34)/b23-14+. The minimum absolute atomic E-state index is 0.0568. The van der Waals surface area contributed by atoms with Gasteiger partial charge in [-0.1, -0.05) is 54.9 Å². The van der Waals surface area contributed by atoms with Crippen molar-refractivity contribution in [3.63, 3.8) is 0 Å². The number of halogens is 1. The summed E-state index contributed by atoms with van der Waals surface area (Å²) in [5.74, 6) is -1.37. The molecule has 1 saturated heterocycles. The third-order valence-corrected chi connectivity index (χ3v) is 6.42. The number of carbonyl (C=O) groups is 3. The number of imide groups is 2. The molecule has 7 heteroatoms. The second-order valence-corrected chi connectivity index (χ2v) is 10.3. The van der Waals surface area contributed by atoms with E-state index in [4.69, 9.17) is 0 Å². The van der Waals surface area contributed by atoms with Crippen LogP contribution in [0.2, 0.25) is 0 Å². The van der Waals surface area contributed by atoms with Crippen molar-refractivity contribution in [3.8, 4) is 5.69 Å². The van der Waals surface area contributed by atoms with E-state index in [9.17, 15) is 14.4 Å². The number of anilines is 1. The summed E-state index contributed by atoms with van der Waals surface area (Å²) in [4.78, 5) is 39.3. The van der Waals surface area contributed by atoms with Crippen molar-refractivity contribution in [1.29, 1.82) is 0 Å². The maximum Gasteiger partial charge on any atom is 0.335 e. The molecule has 4 rings (SSSR count). The number of hydrogen-bond donors (Lipinski definition) is 1. The Bertz CT molecular complexity index is 1340. The third kappa shape index (κ3) is 4.35. The van der Waals surface area contributed by atoms with Crippen LogP contribution in [0.3, 0.4) is 0 Å². The molecule has 6 nitrogen and oxygen atoms in total. The van der Waals surface area contributed by atoms with Crippen molar-refractivity contribution in [2.75, 3.05) is 4.90 Å². The molecule has 3 aromatic rings. The number of aromatic nitrogens is 1. The van der Waals surface area contributed by atoms with Crippen molar-refractivity contribution < 1.29 is 14.4 Å². The fourth-order valence-electron chi connectivity index (χ4n) is 4.10. The van der Waals surface area contributed by atoms with Gasteiger partial charge in [-0.3, -0.25) is 14.9 Å². The summed E-state index contributed by atoms with van der Waals surface area (Å²) >= 11 is 3.35. The lowest BCUT2D eigenvalue weighted by Gasteiger charge is -2.26. The first-order chi connectivity index (χ1) is 16.0. The first-order valence-electron chi connectivity index (χ1n) is 10.9. The first kappa shape index (κ1) is 23.7. The summed E-state index contributed by atoms with van der Waals surface area (Å²) < 4.78 is 2.80. The third-order valence-electron chi connectivity index (χ3n) is 5.93. The largest absolute Gasteiger partial charge is 0.335 e. The molecule has 1 N–H and O–H groups in total. The molecule has 1 aliphatic rings. The van der Waals surface area contributed by atoms with Gasteiger partial charge in [0.15, 0.2) is 0 Å². The summed E-state index contributed by atoms with van der Waals surface area (Å²) in [5.41, 5.74) is 5.17. The van der Waals surface area contributed by atoms with Crippen LogP contribution in [0.25, 0.3) is 11.8 Å². The van der Waals surface area contributed by atoms with Gasteiger partial charge >= 0.3 is 6.03 Å². The summed E-state index contributed by atoms with van der Waals surface area (Å²) in [7, 11) is 0. The Labute approximate surface area is 207 Å². The normalized spacial score (nSPS) is 15.8. The number of carbonyl (C=O) groups excluding carboxylic acids is 3. The zero-order valence-corrected chi connectivity index (χ0v) is 21.4. The fourth-order valence-corrected chi connectivity index (χ4v) is 4.49. The lowest BCUT2D eigenvalue weighted by atomic mass is 9.87. The van der Waals surface area contributed by atoms with Crippen molar-refractivity contribution >= 4 is 45.5 Å². The minimum atomic E-state index is -0.769. The monoisotopic (exact) mass is 519 g/mol. The van der Waals surface area contributed by atoms with Crippen LogP contribution in [0.15, 0.2) is 64.6 Å². The molecule has 1 aliphatic heterocycles. The van der Waals surface area contributed by atoms with E-state index >= 15 is 0 Å². The van der Waals surface area contributed by atoms with Gasteiger partial charge in [-0.25, -0.2) is 9.69 Å². The van der Waals surface area contributed by atoms with Crippen LogP contribution >= 0.6 is 15.9 Å². The van der Waals surface area contributed by atoms with Gasteiger partial charge in [0, 0.05) is 21.5 Å². The molecule has 0 unspecified atom stereocenters. The molecule has 0 saturated carbocycles. The number of barbiturate groups is 1. The molecule has 0 aliphatic carbocycles. The maximum absolute atomic E-state index is 13.2. The van der Waals surface area contributed by atoms with E-state index in [2.05, 4.69) is 70.9 Å². The Morgan fingerprint density at radius 2 is 1.59 bits per heavy atom. The number of nitrogens with one attached hydrogen (secondary N) is 1. The minimum Gasteiger partial charge on any atom is -0.318 e. The molecular formula is C27H26BrN3O3. The Balaban J connectivity index is 1.73. The number of hydrogen-bond acceptors (Lipinski definition) is 3. The fraction of sp³-hybridized carbons (Fsp3) is 0.222. The summed E-state index contributed by atoms with van der Waals surface area (Å²) in [6, 6.07) is 16.3. The molecule has 0 spiro atoms. The van der Waals surface area contributed by atoms with Crippen LogP contribution in [0.1, 0.15) is 43.3 Å². The van der Waals surface area contributed by atoms with Gasteiger partial charge in [0.2, 0.25) is 0 Å². The zero-order chi connectivity index (χ0) is 24.8. The molecule has 2 heterocycles. The summed E-state index contributed by atoms with van der Waals surface area (Å²) in [6.07, 6.45) is 1.55. The Morgan fingerprint density at radius 1 is 0.912 bits per heavy atom. The van der Waals surface area contributed by atoms with E-state index in [1.165, 1.54) is 5.56 Å². The van der Waals surface area contributed by atoms with Crippen molar-refractivity contribution in [2.45, 2.75) is 40.0 Å². The van der Waals surface area contributed by atoms with Crippen LogP contribution in [0.4, 0.5) is 10.5 Å².